The zero-order chi connectivity index (χ0) is 13.7. The molecule has 1 atom stereocenters. The number of hydrogen-bond acceptors (Lipinski definition) is 2. The predicted octanol–water partition coefficient (Wildman–Crippen LogP) is 3.37. The fourth-order valence-corrected chi connectivity index (χ4v) is 3.33. The van der Waals surface area contributed by atoms with E-state index in [1.807, 2.05) is 0 Å². The summed E-state index contributed by atoms with van der Waals surface area (Å²) in [7, 11) is 0. The monoisotopic (exact) mass is 260 g/mol. The lowest BCUT2D eigenvalue weighted by Gasteiger charge is -2.37. The van der Waals surface area contributed by atoms with Crippen LogP contribution in [0, 0.1) is 5.92 Å². The van der Waals surface area contributed by atoms with E-state index in [0.29, 0.717) is 6.04 Å². The Hall–Kier alpha value is -0.860. The van der Waals surface area contributed by atoms with Crippen LogP contribution in [0.2, 0.25) is 0 Å². The molecule has 1 aromatic rings. The van der Waals surface area contributed by atoms with Crippen molar-refractivity contribution >= 4 is 0 Å². The van der Waals surface area contributed by atoms with Crippen LogP contribution in [0.25, 0.3) is 0 Å². The molecule has 0 aliphatic carbocycles. The molecular weight excluding hydrogens is 232 g/mol. The molecule has 0 radical (unpaired) electrons. The molecule has 0 saturated carbocycles. The largest absolute Gasteiger partial charge is 0.329 e. The summed E-state index contributed by atoms with van der Waals surface area (Å²) in [6.45, 7) is 7.69. The van der Waals surface area contributed by atoms with Crippen molar-refractivity contribution in [3.05, 3.63) is 35.4 Å². The Balaban J connectivity index is 2.12. The van der Waals surface area contributed by atoms with Gasteiger partial charge in [0.25, 0.3) is 0 Å². The molecule has 2 heteroatoms. The van der Waals surface area contributed by atoms with Crippen LogP contribution in [0.1, 0.15) is 50.3 Å². The molecule has 1 fully saturated rings. The van der Waals surface area contributed by atoms with Crippen molar-refractivity contribution in [3.8, 4) is 0 Å². The number of likely N-dealkylation sites (tertiary alicyclic amines) is 1. The summed E-state index contributed by atoms with van der Waals surface area (Å²) in [5, 5.41) is 0. The van der Waals surface area contributed by atoms with Crippen LogP contribution in [0.15, 0.2) is 24.3 Å². The molecule has 1 heterocycles. The number of rotatable bonds is 5. The van der Waals surface area contributed by atoms with Crippen molar-refractivity contribution in [2.75, 3.05) is 19.6 Å². The predicted molar refractivity (Wildman–Crippen MR) is 82.2 cm³/mol. The molecule has 1 aliphatic heterocycles. The Bertz CT molecular complexity index is 381. The third kappa shape index (κ3) is 3.37. The van der Waals surface area contributed by atoms with Gasteiger partial charge in [0.1, 0.15) is 0 Å². The van der Waals surface area contributed by atoms with Gasteiger partial charge in [-0.3, -0.25) is 4.90 Å². The maximum Gasteiger partial charge on any atom is 0.0473 e. The molecule has 0 bridgehead atoms. The van der Waals surface area contributed by atoms with Crippen molar-refractivity contribution in [1.29, 1.82) is 0 Å². The number of piperidine rings is 1. The second-order valence-electron chi connectivity index (χ2n) is 5.69. The zero-order valence-corrected chi connectivity index (χ0v) is 12.4. The van der Waals surface area contributed by atoms with Crippen molar-refractivity contribution in [3.63, 3.8) is 0 Å². The first-order valence-electron chi connectivity index (χ1n) is 7.82. The number of nitrogens with zero attached hydrogens (tertiary/aromatic N) is 1. The van der Waals surface area contributed by atoms with Gasteiger partial charge in [-0.1, -0.05) is 44.5 Å². The Morgan fingerprint density at radius 1 is 1.21 bits per heavy atom. The standard InChI is InChI=1S/C17H28N2/c1-3-14-9-11-19(12-10-14)17(13-18)16-8-6-5-7-15(16)4-2/h5-8,14,17H,3-4,9-13,18H2,1-2H3. The highest BCUT2D eigenvalue weighted by atomic mass is 15.2. The van der Waals surface area contributed by atoms with E-state index in [1.54, 1.807) is 0 Å². The Morgan fingerprint density at radius 3 is 2.47 bits per heavy atom. The molecule has 19 heavy (non-hydrogen) atoms. The molecule has 0 spiro atoms. The van der Waals surface area contributed by atoms with Crippen LogP contribution < -0.4 is 5.73 Å². The van der Waals surface area contributed by atoms with Gasteiger partial charge in [-0.25, -0.2) is 0 Å². The van der Waals surface area contributed by atoms with E-state index in [-0.39, 0.29) is 0 Å². The minimum Gasteiger partial charge on any atom is -0.329 e. The molecular formula is C17H28N2. The minimum atomic E-state index is 0.411. The SMILES string of the molecule is CCc1ccccc1C(CN)N1CCC(CC)CC1. The molecule has 2 nitrogen and oxygen atoms in total. The number of benzene rings is 1. The van der Waals surface area contributed by atoms with E-state index in [9.17, 15) is 0 Å². The summed E-state index contributed by atoms with van der Waals surface area (Å²) in [4.78, 5) is 2.60. The summed E-state index contributed by atoms with van der Waals surface area (Å²) in [5.41, 5.74) is 8.99. The Kier molecular flexibility index (Phi) is 5.41. The molecule has 1 saturated heterocycles. The molecule has 1 aliphatic rings. The lowest BCUT2D eigenvalue weighted by Crippen LogP contribution is -2.40. The number of hydrogen-bond donors (Lipinski definition) is 1. The van der Waals surface area contributed by atoms with Crippen molar-refractivity contribution in [1.82, 2.24) is 4.90 Å². The van der Waals surface area contributed by atoms with Gasteiger partial charge in [-0.15, -0.1) is 0 Å². The third-order valence-electron chi connectivity index (χ3n) is 4.69. The second kappa shape index (κ2) is 7.06. The topological polar surface area (TPSA) is 29.3 Å². The fraction of sp³-hybridized carbons (Fsp3) is 0.647. The van der Waals surface area contributed by atoms with Crippen molar-refractivity contribution in [2.45, 2.75) is 45.6 Å². The molecule has 2 N–H and O–H groups in total. The van der Waals surface area contributed by atoms with E-state index in [4.69, 9.17) is 5.73 Å². The highest BCUT2D eigenvalue weighted by Gasteiger charge is 2.25. The molecule has 2 rings (SSSR count). The van der Waals surface area contributed by atoms with Gasteiger partial charge in [-0.2, -0.15) is 0 Å². The first kappa shape index (κ1) is 14.5. The Morgan fingerprint density at radius 2 is 1.89 bits per heavy atom. The lowest BCUT2D eigenvalue weighted by molar-refractivity contribution is 0.133. The van der Waals surface area contributed by atoms with Gasteiger partial charge in [0.2, 0.25) is 0 Å². The van der Waals surface area contributed by atoms with Crippen LogP contribution in [0.3, 0.4) is 0 Å². The van der Waals surface area contributed by atoms with Crippen LogP contribution in [0.4, 0.5) is 0 Å². The second-order valence-corrected chi connectivity index (χ2v) is 5.69. The summed E-state index contributed by atoms with van der Waals surface area (Å²) >= 11 is 0. The lowest BCUT2D eigenvalue weighted by atomic mass is 9.91. The number of nitrogens with two attached hydrogens (primary N) is 1. The normalized spacial score (nSPS) is 19.5. The zero-order valence-electron chi connectivity index (χ0n) is 12.4. The third-order valence-corrected chi connectivity index (χ3v) is 4.69. The first-order valence-corrected chi connectivity index (χ1v) is 7.82. The average Bonchev–Trinajstić information content (AvgIpc) is 2.49. The molecule has 1 unspecified atom stereocenters. The van der Waals surface area contributed by atoms with Crippen LogP contribution in [0.5, 0.6) is 0 Å². The number of aryl methyl sites for hydroxylation is 1. The van der Waals surface area contributed by atoms with E-state index in [2.05, 4.69) is 43.0 Å². The van der Waals surface area contributed by atoms with Gasteiger partial charge in [0, 0.05) is 12.6 Å². The summed E-state index contributed by atoms with van der Waals surface area (Å²) in [6, 6.07) is 9.21. The van der Waals surface area contributed by atoms with Crippen LogP contribution >= 0.6 is 0 Å². The first-order chi connectivity index (χ1) is 9.30. The fourth-order valence-electron chi connectivity index (χ4n) is 3.33. The van der Waals surface area contributed by atoms with E-state index in [0.717, 1.165) is 18.9 Å². The van der Waals surface area contributed by atoms with Crippen LogP contribution in [-0.4, -0.2) is 24.5 Å². The maximum atomic E-state index is 6.08. The molecule has 106 valence electrons. The van der Waals surface area contributed by atoms with Gasteiger partial charge in [0.05, 0.1) is 0 Å². The molecule has 0 aromatic heterocycles. The quantitative estimate of drug-likeness (QED) is 0.879. The van der Waals surface area contributed by atoms with Crippen molar-refractivity contribution < 1.29 is 0 Å². The summed E-state index contributed by atoms with van der Waals surface area (Å²) < 4.78 is 0. The minimum absolute atomic E-state index is 0.411. The highest BCUT2D eigenvalue weighted by molar-refractivity contribution is 5.30. The van der Waals surface area contributed by atoms with Crippen molar-refractivity contribution in [2.24, 2.45) is 11.7 Å². The summed E-state index contributed by atoms with van der Waals surface area (Å²) in [6.07, 6.45) is 5.09. The van der Waals surface area contributed by atoms with Gasteiger partial charge in [-0.05, 0) is 49.4 Å². The van der Waals surface area contributed by atoms with E-state index >= 15 is 0 Å². The molecule has 1 aromatic carbocycles. The Labute approximate surface area is 118 Å². The van der Waals surface area contributed by atoms with Gasteiger partial charge >= 0.3 is 0 Å². The van der Waals surface area contributed by atoms with E-state index < -0.39 is 0 Å². The average molecular weight is 260 g/mol. The summed E-state index contributed by atoms with van der Waals surface area (Å²) in [5.74, 6) is 0.927. The van der Waals surface area contributed by atoms with Crippen LogP contribution in [-0.2, 0) is 6.42 Å². The maximum absolute atomic E-state index is 6.08. The van der Waals surface area contributed by atoms with Gasteiger partial charge in [0.15, 0.2) is 0 Å². The molecule has 0 amide bonds. The van der Waals surface area contributed by atoms with E-state index in [1.165, 1.54) is 43.5 Å². The smallest absolute Gasteiger partial charge is 0.0473 e. The van der Waals surface area contributed by atoms with Gasteiger partial charge < -0.3 is 5.73 Å². The highest BCUT2D eigenvalue weighted by Crippen LogP contribution is 2.29.